The first-order valence-electron chi connectivity index (χ1n) is 8.78. The van der Waals surface area contributed by atoms with E-state index in [4.69, 9.17) is 0 Å². The first-order chi connectivity index (χ1) is 10.3. The molecule has 1 aliphatic rings. The summed E-state index contributed by atoms with van der Waals surface area (Å²) in [7, 11) is 0. The highest BCUT2D eigenvalue weighted by atomic mass is 19.1. The second-order valence-electron chi connectivity index (χ2n) is 6.46. The molecule has 1 nitrogen and oxygen atoms in total. The summed E-state index contributed by atoms with van der Waals surface area (Å²) in [5.41, 5.74) is 0.869. The van der Waals surface area contributed by atoms with Gasteiger partial charge in [0.1, 0.15) is 5.82 Å². The van der Waals surface area contributed by atoms with Crippen molar-refractivity contribution < 1.29 is 4.39 Å². The molecule has 0 spiro atoms. The van der Waals surface area contributed by atoms with Crippen LogP contribution in [0.3, 0.4) is 0 Å². The molecule has 0 radical (unpaired) electrons. The molecule has 0 heterocycles. The average Bonchev–Trinajstić information content (AvgIpc) is 2.45. The minimum atomic E-state index is -0.0494. The molecule has 1 aliphatic carbocycles. The zero-order chi connectivity index (χ0) is 14.9. The molecule has 0 bridgehead atoms. The van der Waals surface area contributed by atoms with Crippen molar-refractivity contribution in [2.45, 2.75) is 70.8 Å². The van der Waals surface area contributed by atoms with Gasteiger partial charge in [0, 0.05) is 6.04 Å². The van der Waals surface area contributed by atoms with Crippen LogP contribution < -0.4 is 5.32 Å². The van der Waals surface area contributed by atoms with Crippen LogP contribution in [0, 0.1) is 11.7 Å². The normalized spacial score (nSPS) is 19.0. The lowest BCUT2D eigenvalue weighted by Gasteiger charge is -2.30. The molecule has 1 aromatic rings. The fourth-order valence-electron chi connectivity index (χ4n) is 3.53. The van der Waals surface area contributed by atoms with E-state index in [1.807, 2.05) is 12.1 Å². The number of benzene rings is 1. The zero-order valence-electron chi connectivity index (χ0n) is 13.4. The van der Waals surface area contributed by atoms with Crippen molar-refractivity contribution >= 4 is 0 Å². The van der Waals surface area contributed by atoms with E-state index in [-0.39, 0.29) is 5.82 Å². The Morgan fingerprint density at radius 1 is 1.10 bits per heavy atom. The maximum Gasteiger partial charge on any atom is 0.126 e. The van der Waals surface area contributed by atoms with Gasteiger partial charge in [-0.25, -0.2) is 4.39 Å². The minimum absolute atomic E-state index is 0.0494. The van der Waals surface area contributed by atoms with Crippen molar-refractivity contribution in [3.63, 3.8) is 0 Å². The lowest BCUT2D eigenvalue weighted by atomic mass is 9.83. The summed E-state index contributed by atoms with van der Waals surface area (Å²) in [4.78, 5) is 0. The minimum Gasteiger partial charge on any atom is -0.313 e. The number of hydrogen-bond donors (Lipinski definition) is 1. The van der Waals surface area contributed by atoms with Crippen LogP contribution in [0.4, 0.5) is 4.39 Å². The topological polar surface area (TPSA) is 12.0 Å². The third-order valence-corrected chi connectivity index (χ3v) is 4.77. The highest BCUT2D eigenvalue weighted by Crippen LogP contribution is 2.27. The second-order valence-corrected chi connectivity index (χ2v) is 6.46. The first-order valence-corrected chi connectivity index (χ1v) is 8.78. The third kappa shape index (κ3) is 5.43. The molecule has 0 saturated heterocycles. The summed E-state index contributed by atoms with van der Waals surface area (Å²) < 4.78 is 14.0. The van der Waals surface area contributed by atoms with Crippen LogP contribution in [-0.2, 0) is 6.42 Å². The number of halogens is 1. The van der Waals surface area contributed by atoms with Crippen LogP contribution in [0.15, 0.2) is 24.3 Å². The standard InChI is InChI=1S/C19H30FN/c1-2-14-21-19(15-17-12-8-9-13-18(17)20)16-10-6-4-3-5-7-11-16/h8-9,12-13,16,19,21H,2-7,10-11,14-15H2,1H3. The Balaban J connectivity index is 2.03. The van der Waals surface area contributed by atoms with E-state index in [2.05, 4.69) is 12.2 Å². The molecule has 118 valence electrons. The summed E-state index contributed by atoms with van der Waals surface area (Å²) >= 11 is 0. The molecule has 1 N–H and O–H groups in total. The maximum atomic E-state index is 14.0. The summed E-state index contributed by atoms with van der Waals surface area (Å²) in [6.07, 6.45) is 11.4. The molecular weight excluding hydrogens is 261 g/mol. The van der Waals surface area contributed by atoms with E-state index in [0.717, 1.165) is 24.9 Å². The molecular formula is C19H30FN. The van der Waals surface area contributed by atoms with Crippen LogP contribution in [0.25, 0.3) is 0 Å². The van der Waals surface area contributed by atoms with E-state index in [1.165, 1.54) is 44.9 Å². The Bertz CT molecular complexity index is 396. The lowest BCUT2D eigenvalue weighted by molar-refractivity contribution is 0.281. The molecule has 2 heteroatoms. The molecule has 1 fully saturated rings. The van der Waals surface area contributed by atoms with Gasteiger partial charge >= 0.3 is 0 Å². The van der Waals surface area contributed by atoms with E-state index in [0.29, 0.717) is 12.0 Å². The Morgan fingerprint density at radius 2 is 1.76 bits per heavy atom. The van der Waals surface area contributed by atoms with Crippen LogP contribution in [0.5, 0.6) is 0 Å². The van der Waals surface area contributed by atoms with E-state index in [1.54, 1.807) is 12.1 Å². The van der Waals surface area contributed by atoms with Gasteiger partial charge in [-0.1, -0.05) is 57.2 Å². The van der Waals surface area contributed by atoms with Crippen molar-refractivity contribution in [2.75, 3.05) is 6.54 Å². The van der Waals surface area contributed by atoms with Crippen molar-refractivity contribution in [1.82, 2.24) is 5.32 Å². The SMILES string of the molecule is CCCNC(Cc1ccccc1F)C1CCCCCCC1. The Hall–Kier alpha value is -0.890. The van der Waals surface area contributed by atoms with E-state index in [9.17, 15) is 4.39 Å². The quantitative estimate of drug-likeness (QED) is 0.769. The Labute approximate surface area is 129 Å². The van der Waals surface area contributed by atoms with Crippen molar-refractivity contribution in [1.29, 1.82) is 0 Å². The molecule has 1 atom stereocenters. The van der Waals surface area contributed by atoms with Crippen molar-refractivity contribution in [3.05, 3.63) is 35.6 Å². The van der Waals surface area contributed by atoms with Crippen molar-refractivity contribution in [3.8, 4) is 0 Å². The second kappa shape index (κ2) is 9.19. The van der Waals surface area contributed by atoms with E-state index < -0.39 is 0 Å². The third-order valence-electron chi connectivity index (χ3n) is 4.77. The van der Waals surface area contributed by atoms with Crippen LogP contribution in [0.1, 0.15) is 63.9 Å². The molecule has 21 heavy (non-hydrogen) atoms. The molecule has 0 aliphatic heterocycles. The predicted molar refractivity (Wildman–Crippen MR) is 88.0 cm³/mol. The van der Waals surface area contributed by atoms with Gasteiger partial charge in [-0.3, -0.25) is 0 Å². The maximum absolute atomic E-state index is 14.0. The van der Waals surface area contributed by atoms with Crippen LogP contribution in [0.2, 0.25) is 0 Å². The molecule has 1 saturated carbocycles. The molecule has 1 unspecified atom stereocenters. The van der Waals surface area contributed by atoms with Gasteiger partial charge in [0.15, 0.2) is 0 Å². The molecule has 0 aromatic heterocycles. The summed E-state index contributed by atoms with van der Waals surface area (Å²) in [6, 6.07) is 7.69. The van der Waals surface area contributed by atoms with E-state index >= 15 is 0 Å². The zero-order valence-corrected chi connectivity index (χ0v) is 13.4. The van der Waals surface area contributed by atoms with Gasteiger partial charge < -0.3 is 5.32 Å². The largest absolute Gasteiger partial charge is 0.313 e. The van der Waals surface area contributed by atoms with Gasteiger partial charge in [0.2, 0.25) is 0 Å². The Morgan fingerprint density at radius 3 is 2.43 bits per heavy atom. The fourth-order valence-corrected chi connectivity index (χ4v) is 3.53. The summed E-state index contributed by atoms with van der Waals surface area (Å²) in [5, 5.41) is 3.70. The molecule has 1 aromatic carbocycles. The van der Waals surface area contributed by atoms with Gasteiger partial charge in [0.25, 0.3) is 0 Å². The molecule has 0 amide bonds. The monoisotopic (exact) mass is 291 g/mol. The van der Waals surface area contributed by atoms with Gasteiger partial charge in [-0.15, -0.1) is 0 Å². The average molecular weight is 291 g/mol. The molecule has 2 rings (SSSR count). The summed E-state index contributed by atoms with van der Waals surface area (Å²) in [5.74, 6) is 0.656. The number of nitrogens with one attached hydrogen (secondary N) is 1. The first kappa shape index (κ1) is 16.5. The highest BCUT2D eigenvalue weighted by molar-refractivity contribution is 5.18. The lowest BCUT2D eigenvalue weighted by Crippen LogP contribution is -2.39. The smallest absolute Gasteiger partial charge is 0.126 e. The van der Waals surface area contributed by atoms with Gasteiger partial charge in [0.05, 0.1) is 0 Å². The predicted octanol–water partition coefficient (Wildman–Crippen LogP) is 5.10. The highest BCUT2D eigenvalue weighted by Gasteiger charge is 2.22. The fraction of sp³-hybridized carbons (Fsp3) is 0.684. The van der Waals surface area contributed by atoms with Gasteiger partial charge in [-0.05, 0) is 49.8 Å². The summed E-state index contributed by atoms with van der Waals surface area (Å²) in [6.45, 7) is 3.24. The Kier molecular flexibility index (Phi) is 7.21. The van der Waals surface area contributed by atoms with Gasteiger partial charge in [-0.2, -0.15) is 0 Å². The van der Waals surface area contributed by atoms with Crippen molar-refractivity contribution in [2.24, 2.45) is 5.92 Å². The number of rotatable bonds is 6. The van der Waals surface area contributed by atoms with Crippen LogP contribution in [-0.4, -0.2) is 12.6 Å². The van der Waals surface area contributed by atoms with Crippen LogP contribution >= 0.6 is 0 Å². The number of hydrogen-bond acceptors (Lipinski definition) is 1.